The summed E-state index contributed by atoms with van der Waals surface area (Å²) in [6, 6.07) is 4.15. The highest BCUT2D eigenvalue weighted by molar-refractivity contribution is 7.89. The van der Waals surface area contributed by atoms with Gasteiger partial charge in [0.1, 0.15) is 0 Å². The van der Waals surface area contributed by atoms with Gasteiger partial charge in [-0.15, -0.1) is 0 Å². The number of rotatable bonds is 3. The van der Waals surface area contributed by atoms with Gasteiger partial charge < -0.3 is 4.90 Å². The molecule has 3 rings (SSSR count). The molecule has 12 heteroatoms. The highest BCUT2D eigenvalue weighted by Gasteiger charge is 2.39. The van der Waals surface area contributed by atoms with E-state index in [9.17, 15) is 26.4 Å². The van der Waals surface area contributed by atoms with Crippen LogP contribution in [0.3, 0.4) is 0 Å². The topological polar surface area (TPSA) is 82.6 Å². The van der Waals surface area contributed by atoms with E-state index in [1.807, 2.05) is 11.9 Å². The van der Waals surface area contributed by atoms with Crippen molar-refractivity contribution in [2.75, 3.05) is 38.5 Å². The van der Waals surface area contributed by atoms with Crippen molar-refractivity contribution in [3.05, 3.63) is 18.2 Å². The van der Waals surface area contributed by atoms with Crippen LogP contribution in [0.4, 0.5) is 18.3 Å². The number of alkyl halides is 3. The van der Waals surface area contributed by atoms with Crippen molar-refractivity contribution in [1.82, 2.24) is 14.2 Å². The Balaban J connectivity index is 1.86. The number of likely N-dealkylation sites (N-methyl/N-ethyl adjacent to an activating group) is 1. The van der Waals surface area contributed by atoms with Gasteiger partial charge in [-0.25, -0.2) is 13.4 Å². The summed E-state index contributed by atoms with van der Waals surface area (Å²) in [5.41, 5.74) is 0.310. The molecule has 1 saturated heterocycles. The average molecular weight is 408 g/mol. The van der Waals surface area contributed by atoms with Crippen LogP contribution in [-0.2, 0) is 14.8 Å². The molecule has 0 bridgehead atoms. The van der Waals surface area contributed by atoms with E-state index in [0.717, 1.165) is 11.3 Å². The number of anilines is 1. The van der Waals surface area contributed by atoms with Gasteiger partial charge in [0.2, 0.25) is 10.0 Å². The molecule has 0 aliphatic carbocycles. The highest BCUT2D eigenvalue weighted by Crippen LogP contribution is 2.30. The lowest BCUT2D eigenvalue weighted by molar-refractivity contribution is -0.167. The van der Waals surface area contributed by atoms with Gasteiger partial charge in [0.25, 0.3) is 0 Å². The van der Waals surface area contributed by atoms with Crippen LogP contribution in [0.2, 0.25) is 0 Å². The van der Waals surface area contributed by atoms with Crippen LogP contribution in [0.15, 0.2) is 23.1 Å². The second-order valence-corrected chi connectivity index (χ2v) is 8.78. The number of fused-ring (bicyclic) bond motifs is 1. The maximum Gasteiger partial charge on any atom is 0.471 e. The molecule has 0 unspecified atom stereocenters. The van der Waals surface area contributed by atoms with Gasteiger partial charge in [-0.1, -0.05) is 11.3 Å². The third kappa shape index (κ3) is 3.82. The highest BCUT2D eigenvalue weighted by atomic mass is 32.2. The molecule has 1 aliphatic heterocycles. The lowest BCUT2D eigenvalue weighted by Gasteiger charge is -2.31. The summed E-state index contributed by atoms with van der Waals surface area (Å²) >= 11 is 0.785. The molecule has 2 aromatic rings. The van der Waals surface area contributed by atoms with Crippen LogP contribution in [0.25, 0.3) is 10.2 Å². The lowest BCUT2D eigenvalue weighted by Crippen LogP contribution is -2.46. The number of halogens is 3. The lowest BCUT2D eigenvalue weighted by atomic mass is 10.3. The van der Waals surface area contributed by atoms with Gasteiger partial charge in [-0.05, 0) is 25.2 Å². The van der Waals surface area contributed by atoms with Gasteiger partial charge in [0, 0.05) is 26.2 Å². The molecule has 1 aromatic heterocycles. The zero-order valence-corrected chi connectivity index (χ0v) is 15.2. The van der Waals surface area contributed by atoms with Crippen LogP contribution in [-0.4, -0.2) is 67.9 Å². The Labute approximate surface area is 151 Å². The fourth-order valence-corrected chi connectivity index (χ4v) is 4.89. The van der Waals surface area contributed by atoms with Gasteiger partial charge in [-0.3, -0.25) is 10.1 Å². The Morgan fingerprint density at radius 2 is 1.88 bits per heavy atom. The number of carbonyl (C=O) groups excluding carboxylic acids is 1. The monoisotopic (exact) mass is 408 g/mol. The molecular formula is C14H15F3N4O3S2. The van der Waals surface area contributed by atoms with Crippen LogP contribution in [0.5, 0.6) is 0 Å². The smallest absolute Gasteiger partial charge is 0.304 e. The van der Waals surface area contributed by atoms with Crippen LogP contribution >= 0.6 is 11.3 Å². The Morgan fingerprint density at radius 3 is 2.50 bits per heavy atom. The first kappa shape index (κ1) is 19.0. The van der Waals surface area contributed by atoms with E-state index in [0.29, 0.717) is 36.4 Å². The molecular weight excluding hydrogens is 393 g/mol. The minimum absolute atomic E-state index is 0.0481. The fraction of sp³-hybridized carbons (Fsp3) is 0.429. The van der Waals surface area contributed by atoms with Crippen molar-refractivity contribution in [2.45, 2.75) is 11.1 Å². The third-order valence-corrected chi connectivity index (χ3v) is 6.77. The van der Waals surface area contributed by atoms with Crippen LogP contribution < -0.4 is 5.32 Å². The Hall–Kier alpha value is -1.76. The van der Waals surface area contributed by atoms with Gasteiger partial charge in [-0.2, -0.15) is 17.5 Å². The van der Waals surface area contributed by atoms with E-state index < -0.39 is 22.1 Å². The number of aromatic nitrogens is 1. The number of nitrogens with zero attached hydrogens (tertiary/aromatic N) is 3. The van der Waals surface area contributed by atoms with E-state index >= 15 is 0 Å². The zero-order valence-electron chi connectivity index (χ0n) is 13.6. The molecule has 1 N–H and O–H groups in total. The van der Waals surface area contributed by atoms with Crippen molar-refractivity contribution in [1.29, 1.82) is 0 Å². The zero-order chi connectivity index (χ0) is 19.1. The molecule has 26 heavy (non-hydrogen) atoms. The molecule has 7 nitrogen and oxygen atoms in total. The Morgan fingerprint density at radius 1 is 1.23 bits per heavy atom. The molecule has 1 aliphatic rings. The summed E-state index contributed by atoms with van der Waals surface area (Å²) in [4.78, 5) is 16.9. The number of benzene rings is 1. The summed E-state index contributed by atoms with van der Waals surface area (Å²) in [5, 5.41) is 1.44. The molecule has 0 radical (unpaired) electrons. The standard InChI is InChI=1S/C14H15F3N4O3S2/c1-20-4-6-21(7-5-20)26(23,24)9-2-3-10-11(8-9)25-13(18-10)19-12(22)14(15,16)17/h2-3,8H,4-7H2,1H3,(H,18,19,22). The quantitative estimate of drug-likeness (QED) is 0.837. The Kier molecular flexibility index (Phi) is 4.94. The molecule has 1 amide bonds. The van der Waals surface area contributed by atoms with E-state index in [-0.39, 0.29) is 10.0 Å². The van der Waals surface area contributed by atoms with Gasteiger partial charge in [0.15, 0.2) is 5.13 Å². The fourth-order valence-electron chi connectivity index (χ4n) is 2.46. The maximum absolute atomic E-state index is 12.7. The molecule has 0 saturated carbocycles. The van der Waals surface area contributed by atoms with Crippen LogP contribution in [0, 0.1) is 0 Å². The average Bonchev–Trinajstić information content (AvgIpc) is 2.95. The van der Waals surface area contributed by atoms with E-state index in [1.165, 1.54) is 22.5 Å². The first-order valence-electron chi connectivity index (χ1n) is 7.55. The number of hydrogen-bond acceptors (Lipinski definition) is 6. The summed E-state index contributed by atoms with van der Waals surface area (Å²) in [6.07, 6.45) is -5.02. The van der Waals surface area contributed by atoms with Crippen molar-refractivity contribution < 1.29 is 26.4 Å². The number of sulfonamides is 1. The number of amides is 1. The second-order valence-electron chi connectivity index (χ2n) is 5.81. The van der Waals surface area contributed by atoms with E-state index in [2.05, 4.69) is 4.98 Å². The molecule has 0 atom stereocenters. The van der Waals surface area contributed by atoms with Crippen molar-refractivity contribution in [3.8, 4) is 0 Å². The predicted molar refractivity (Wildman–Crippen MR) is 90.6 cm³/mol. The first-order chi connectivity index (χ1) is 12.1. The van der Waals surface area contributed by atoms with Gasteiger partial charge in [0.05, 0.1) is 15.1 Å². The number of hydrogen-bond donors (Lipinski definition) is 1. The molecule has 142 valence electrons. The summed E-state index contributed by atoms with van der Waals surface area (Å²) in [7, 11) is -1.79. The maximum atomic E-state index is 12.7. The van der Waals surface area contributed by atoms with Crippen LogP contribution in [0.1, 0.15) is 0 Å². The second kappa shape index (κ2) is 6.76. The number of thiazole rings is 1. The largest absolute Gasteiger partial charge is 0.471 e. The molecule has 0 spiro atoms. The number of piperazine rings is 1. The Bertz CT molecular complexity index is 935. The van der Waals surface area contributed by atoms with Crippen molar-refractivity contribution in [3.63, 3.8) is 0 Å². The normalized spacial score (nSPS) is 17.5. The SMILES string of the molecule is CN1CCN(S(=O)(=O)c2ccc3nc(NC(=O)C(F)(F)F)sc3c2)CC1. The summed E-state index contributed by atoms with van der Waals surface area (Å²) < 4.78 is 64.2. The number of carbonyl (C=O) groups is 1. The van der Waals surface area contributed by atoms with E-state index in [1.54, 1.807) is 5.32 Å². The molecule has 1 aromatic carbocycles. The summed E-state index contributed by atoms with van der Waals surface area (Å²) in [6.45, 7) is 1.98. The first-order valence-corrected chi connectivity index (χ1v) is 9.80. The van der Waals surface area contributed by atoms with E-state index in [4.69, 9.17) is 0 Å². The molecule has 2 heterocycles. The predicted octanol–water partition coefficient (Wildman–Crippen LogP) is 1.73. The minimum Gasteiger partial charge on any atom is -0.304 e. The van der Waals surface area contributed by atoms with Crippen molar-refractivity contribution in [2.24, 2.45) is 0 Å². The van der Waals surface area contributed by atoms with Gasteiger partial charge >= 0.3 is 12.1 Å². The summed E-state index contributed by atoms with van der Waals surface area (Å²) in [5.74, 6) is -2.12. The number of nitrogens with one attached hydrogen (secondary N) is 1. The minimum atomic E-state index is -5.02. The van der Waals surface area contributed by atoms with Crippen molar-refractivity contribution >= 4 is 42.6 Å². The molecule has 1 fully saturated rings. The third-order valence-electron chi connectivity index (χ3n) is 3.94.